The van der Waals surface area contributed by atoms with Crippen molar-refractivity contribution in [1.82, 2.24) is 10.9 Å². The monoisotopic (exact) mass is 460 g/mol. The Hall–Kier alpha value is -1.70. The lowest BCUT2D eigenvalue weighted by atomic mass is 10.0. The number of hydrogen-bond acceptors (Lipinski definition) is 4. The smallest absolute Gasteiger partial charge is 0.323 e. The Morgan fingerprint density at radius 2 is 1.06 bits per heavy atom. The quantitative estimate of drug-likeness (QED) is 0.111. The third kappa shape index (κ3) is 21.5. The molecule has 0 rings (SSSR count). The van der Waals surface area contributed by atoms with E-state index in [9.17, 15) is 18.9 Å². The number of carbonyl (C=O) groups excluding carboxylic acids is 1. The zero-order valence-electron chi connectivity index (χ0n) is 19.7. The molecular weight excluding hydrogens is 415 g/mol. The van der Waals surface area contributed by atoms with Gasteiger partial charge in [-0.1, -0.05) is 77.0 Å². The molecule has 0 fully saturated rings. The molecule has 0 heterocycles. The van der Waals surface area contributed by atoms with Crippen molar-refractivity contribution in [2.24, 2.45) is 0 Å². The SMILES string of the molecule is O=C(O)CCCCCCCCCCCCCCCCC(=O)NCCCC[C@H](NF)C(=O)O. The van der Waals surface area contributed by atoms with Crippen molar-refractivity contribution in [1.29, 1.82) is 0 Å². The Labute approximate surface area is 192 Å². The van der Waals surface area contributed by atoms with Crippen LogP contribution in [0, 0.1) is 0 Å². The van der Waals surface area contributed by atoms with Gasteiger partial charge in [-0.25, -0.2) is 0 Å². The molecule has 0 bridgehead atoms. The van der Waals surface area contributed by atoms with Crippen molar-refractivity contribution < 1.29 is 29.1 Å². The Morgan fingerprint density at radius 3 is 1.47 bits per heavy atom. The van der Waals surface area contributed by atoms with Crippen molar-refractivity contribution >= 4 is 17.8 Å². The molecule has 0 aromatic heterocycles. The van der Waals surface area contributed by atoms with E-state index in [2.05, 4.69) is 5.32 Å². The number of aliphatic carboxylic acids is 2. The van der Waals surface area contributed by atoms with Crippen molar-refractivity contribution in [3.63, 3.8) is 0 Å². The third-order valence-corrected chi connectivity index (χ3v) is 5.72. The minimum absolute atomic E-state index is 0.0327. The molecule has 1 atom stereocenters. The van der Waals surface area contributed by atoms with E-state index >= 15 is 0 Å². The van der Waals surface area contributed by atoms with Crippen LogP contribution in [0.1, 0.15) is 122 Å². The van der Waals surface area contributed by atoms with E-state index < -0.39 is 18.0 Å². The summed E-state index contributed by atoms with van der Waals surface area (Å²) < 4.78 is 12.2. The maximum absolute atomic E-state index is 12.2. The molecule has 7 nitrogen and oxygen atoms in total. The van der Waals surface area contributed by atoms with Gasteiger partial charge in [-0.05, 0) is 32.1 Å². The number of nitrogens with one attached hydrogen (secondary N) is 2. The molecular formula is C24H45FN2O5. The highest BCUT2D eigenvalue weighted by Crippen LogP contribution is 2.13. The van der Waals surface area contributed by atoms with Gasteiger partial charge in [-0.15, -0.1) is 10.0 Å². The minimum atomic E-state index is -1.20. The fraction of sp³-hybridized carbons (Fsp3) is 0.875. The number of carbonyl (C=O) groups is 3. The van der Waals surface area contributed by atoms with Crippen molar-refractivity contribution in [3.8, 4) is 0 Å². The van der Waals surface area contributed by atoms with E-state index in [1.807, 2.05) is 0 Å². The highest BCUT2D eigenvalue weighted by molar-refractivity contribution is 5.75. The zero-order valence-corrected chi connectivity index (χ0v) is 19.7. The molecule has 0 aliphatic rings. The first-order chi connectivity index (χ1) is 15.5. The van der Waals surface area contributed by atoms with Crippen LogP contribution in [0.25, 0.3) is 0 Å². The van der Waals surface area contributed by atoms with E-state index in [4.69, 9.17) is 10.2 Å². The van der Waals surface area contributed by atoms with Gasteiger partial charge in [0, 0.05) is 19.4 Å². The Kier molecular flexibility index (Phi) is 21.3. The van der Waals surface area contributed by atoms with Crippen LogP contribution in [0.2, 0.25) is 0 Å². The van der Waals surface area contributed by atoms with Gasteiger partial charge in [-0.3, -0.25) is 14.4 Å². The molecule has 0 radical (unpaired) electrons. The van der Waals surface area contributed by atoms with Crippen LogP contribution in [-0.4, -0.2) is 40.6 Å². The number of carboxylic acid groups (broad SMARTS) is 2. The molecule has 0 saturated carbocycles. The van der Waals surface area contributed by atoms with Crippen molar-refractivity contribution in [3.05, 3.63) is 0 Å². The molecule has 0 aliphatic heterocycles. The normalized spacial score (nSPS) is 11.9. The second-order valence-electron chi connectivity index (χ2n) is 8.69. The molecule has 0 saturated heterocycles. The number of unbranched alkanes of at least 4 members (excludes halogenated alkanes) is 14. The first-order valence-electron chi connectivity index (χ1n) is 12.5. The molecule has 0 aromatic carbocycles. The summed E-state index contributed by atoms with van der Waals surface area (Å²) in [5.74, 6) is -1.86. The minimum Gasteiger partial charge on any atom is -0.481 e. The summed E-state index contributed by atoms with van der Waals surface area (Å²) in [5.41, 5.74) is 1.27. The predicted octanol–water partition coefficient (Wildman–Crippen LogP) is 5.53. The summed E-state index contributed by atoms with van der Waals surface area (Å²) in [6.45, 7) is 0.502. The highest BCUT2D eigenvalue weighted by Gasteiger charge is 2.15. The van der Waals surface area contributed by atoms with Crippen LogP contribution in [0.15, 0.2) is 0 Å². The van der Waals surface area contributed by atoms with Gasteiger partial charge in [0.05, 0.1) is 0 Å². The first-order valence-corrected chi connectivity index (χ1v) is 12.5. The fourth-order valence-corrected chi connectivity index (χ4v) is 3.70. The summed E-state index contributed by atoms with van der Waals surface area (Å²) in [7, 11) is 0. The third-order valence-electron chi connectivity index (χ3n) is 5.72. The van der Waals surface area contributed by atoms with E-state index in [0.717, 1.165) is 38.5 Å². The lowest BCUT2D eigenvalue weighted by molar-refractivity contribution is -0.141. The first kappa shape index (κ1) is 30.3. The van der Waals surface area contributed by atoms with Crippen LogP contribution in [0.3, 0.4) is 0 Å². The lowest BCUT2D eigenvalue weighted by Crippen LogP contribution is -2.31. The molecule has 0 spiro atoms. The fourth-order valence-electron chi connectivity index (χ4n) is 3.70. The highest BCUT2D eigenvalue weighted by atomic mass is 19.2. The summed E-state index contributed by atoms with van der Waals surface area (Å²) in [6, 6.07) is -1.17. The Balaban J connectivity index is 3.26. The topological polar surface area (TPSA) is 116 Å². The maximum atomic E-state index is 12.2. The van der Waals surface area contributed by atoms with Gasteiger partial charge in [0.2, 0.25) is 5.91 Å². The van der Waals surface area contributed by atoms with E-state index in [1.165, 1.54) is 56.9 Å². The average molecular weight is 461 g/mol. The van der Waals surface area contributed by atoms with Gasteiger partial charge in [0.15, 0.2) is 0 Å². The zero-order chi connectivity index (χ0) is 23.9. The van der Waals surface area contributed by atoms with Crippen LogP contribution >= 0.6 is 0 Å². The maximum Gasteiger partial charge on any atom is 0.323 e. The number of carboxylic acids is 2. The number of halogens is 1. The van der Waals surface area contributed by atoms with Gasteiger partial charge < -0.3 is 15.5 Å². The molecule has 0 aromatic rings. The number of rotatable bonds is 24. The molecule has 0 aliphatic carbocycles. The van der Waals surface area contributed by atoms with Gasteiger partial charge >= 0.3 is 11.9 Å². The Morgan fingerprint density at radius 1 is 0.625 bits per heavy atom. The summed E-state index contributed by atoms with van der Waals surface area (Å²) >= 11 is 0. The summed E-state index contributed by atoms with van der Waals surface area (Å²) in [4.78, 5) is 32.8. The van der Waals surface area contributed by atoms with E-state index in [1.54, 1.807) is 0 Å². The lowest BCUT2D eigenvalue weighted by Gasteiger charge is -2.09. The number of amides is 1. The molecule has 188 valence electrons. The van der Waals surface area contributed by atoms with Crippen molar-refractivity contribution in [2.45, 2.75) is 128 Å². The second-order valence-corrected chi connectivity index (χ2v) is 8.69. The second kappa shape index (κ2) is 22.5. The largest absolute Gasteiger partial charge is 0.481 e. The van der Waals surface area contributed by atoms with Gasteiger partial charge in [0.25, 0.3) is 0 Å². The standard InChI is InChI=1S/C24H45FN2O5/c25-27-21(24(31)32)17-15-16-20-26-22(28)18-13-11-9-7-5-3-1-2-4-6-8-10-12-14-19-23(29)30/h21,27H,1-20H2,(H,26,28)(H,29,30)(H,31,32)/t21-/m0/s1. The molecule has 1 amide bonds. The van der Waals surface area contributed by atoms with E-state index in [0.29, 0.717) is 32.2 Å². The summed E-state index contributed by atoms with van der Waals surface area (Å²) in [6.07, 6.45) is 18.4. The number of hydrogen-bond donors (Lipinski definition) is 4. The molecule has 0 unspecified atom stereocenters. The average Bonchev–Trinajstić information content (AvgIpc) is 2.75. The van der Waals surface area contributed by atoms with Gasteiger partial charge in [0.1, 0.15) is 6.04 Å². The van der Waals surface area contributed by atoms with Crippen LogP contribution in [0.5, 0.6) is 0 Å². The van der Waals surface area contributed by atoms with Gasteiger partial charge in [-0.2, -0.15) is 0 Å². The predicted molar refractivity (Wildman–Crippen MR) is 124 cm³/mol. The van der Waals surface area contributed by atoms with Crippen molar-refractivity contribution in [2.75, 3.05) is 6.54 Å². The van der Waals surface area contributed by atoms with Crippen LogP contribution in [0.4, 0.5) is 4.48 Å². The van der Waals surface area contributed by atoms with Crippen LogP contribution < -0.4 is 10.9 Å². The molecule has 8 heteroatoms. The molecule has 4 N–H and O–H groups in total. The molecule has 32 heavy (non-hydrogen) atoms. The Bertz CT molecular complexity index is 491. The van der Waals surface area contributed by atoms with E-state index in [-0.39, 0.29) is 12.3 Å². The van der Waals surface area contributed by atoms with Crippen LogP contribution in [-0.2, 0) is 14.4 Å². The summed E-state index contributed by atoms with van der Waals surface area (Å²) in [5, 5.41) is 20.1.